The number of benzene rings is 2. The second-order valence-electron chi connectivity index (χ2n) is 5.92. The Morgan fingerprint density at radius 3 is 2.69 bits per heavy atom. The molecular weight excluding hydrogens is 351 g/mol. The van der Waals surface area contributed by atoms with Crippen LogP contribution in [0.5, 0.6) is 0 Å². The molecule has 0 bridgehead atoms. The molecule has 0 saturated heterocycles. The van der Waals surface area contributed by atoms with E-state index in [0.717, 1.165) is 17.0 Å². The highest BCUT2D eigenvalue weighted by molar-refractivity contribution is 7.99. The number of halogens is 1. The molecule has 1 heterocycles. The highest BCUT2D eigenvalue weighted by Gasteiger charge is 2.13. The minimum Gasteiger partial charge on any atom is -0.323 e. The summed E-state index contributed by atoms with van der Waals surface area (Å²) >= 11 is 1.28. The van der Waals surface area contributed by atoms with Gasteiger partial charge in [0.25, 0.3) is 0 Å². The summed E-state index contributed by atoms with van der Waals surface area (Å²) < 4.78 is 15.7. The van der Waals surface area contributed by atoms with Gasteiger partial charge >= 0.3 is 0 Å². The summed E-state index contributed by atoms with van der Waals surface area (Å²) in [5, 5.41) is 11.5. The number of carbonyl (C=O) groups excluding carboxylic acids is 1. The van der Waals surface area contributed by atoms with E-state index in [2.05, 4.69) is 15.5 Å². The van der Waals surface area contributed by atoms with Crippen LogP contribution in [0.1, 0.15) is 17.0 Å². The quantitative estimate of drug-likeness (QED) is 0.670. The van der Waals surface area contributed by atoms with Gasteiger partial charge in [-0.15, -0.1) is 10.2 Å². The second kappa shape index (κ2) is 8.14. The van der Waals surface area contributed by atoms with Crippen LogP contribution in [0.25, 0.3) is 0 Å². The second-order valence-corrected chi connectivity index (χ2v) is 6.86. The van der Waals surface area contributed by atoms with Crippen molar-refractivity contribution in [2.75, 3.05) is 11.1 Å². The van der Waals surface area contributed by atoms with Crippen LogP contribution in [0.2, 0.25) is 0 Å². The van der Waals surface area contributed by atoms with Gasteiger partial charge in [0.15, 0.2) is 5.16 Å². The monoisotopic (exact) mass is 370 g/mol. The predicted molar refractivity (Wildman–Crippen MR) is 101 cm³/mol. The fraction of sp³-hybridized carbons (Fsp3) is 0.211. The number of aryl methyl sites for hydroxylation is 2. The molecule has 2 aromatic carbocycles. The highest BCUT2D eigenvalue weighted by atomic mass is 32.2. The van der Waals surface area contributed by atoms with Crippen LogP contribution in [0.15, 0.2) is 53.7 Å². The Balaban J connectivity index is 1.64. The Kier molecular flexibility index (Phi) is 5.68. The number of hydrogen-bond acceptors (Lipinski definition) is 4. The molecule has 0 aliphatic carbocycles. The SMILES string of the molecule is Cc1ccc(F)c(NC(=O)CSc2nnc(C)n2Cc2ccccc2)c1. The van der Waals surface area contributed by atoms with Gasteiger partial charge in [0.05, 0.1) is 18.0 Å². The summed E-state index contributed by atoms with van der Waals surface area (Å²) in [5.41, 5.74) is 2.20. The van der Waals surface area contributed by atoms with Crippen LogP contribution in [0.3, 0.4) is 0 Å². The molecule has 1 aromatic heterocycles. The van der Waals surface area contributed by atoms with Crippen molar-refractivity contribution in [2.45, 2.75) is 25.5 Å². The molecule has 0 aliphatic heterocycles. The Bertz CT molecular complexity index is 911. The third-order valence-corrected chi connectivity index (χ3v) is 4.78. The van der Waals surface area contributed by atoms with E-state index in [-0.39, 0.29) is 17.3 Å². The standard InChI is InChI=1S/C19H19FN4OS/c1-13-8-9-16(20)17(10-13)21-18(25)12-26-19-23-22-14(2)24(19)11-15-6-4-3-5-7-15/h3-10H,11-12H2,1-2H3,(H,21,25). The van der Waals surface area contributed by atoms with Crippen molar-refractivity contribution in [1.29, 1.82) is 0 Å². The molecule has 1 N–H and O–H groups in total. The first-order chi connectivity index (χ1) is 12.5. The molecule has 0 radical (unpaired) electrons. The Morgan fingerprint density at radius 1 is 1.15 bits per heavy atom. The zero-order valence-electron chi connectivity index (χ0n) is 14.6. The summed E-state index contributed by atoms with van der Waals surface area (Å²) in [6.07, 6.45) is 0. The van der Waals surface area contributed by atoms with Gasteiger partial charge in [0, 0.05) is 0 Å². The highest BCUT2D eigenvalue weighted by Crippen LogP contribution is 2.20. The largest absolute Gasteiger partial charge is 0.323 e. The zero-order valence-corrected chi connectivity index (χ0v) is 15.4. The molecule has 5 nitrogen and oxygen atoms in total. The normalized spacial score (nSPS) is 10.7. The number of nitrogens with one attached hydrogen (secondary N) is 1. The topological polar surface area (TPSA) is 59.8 Å². The molecule has 1 amide bonds. The lowest BCUT2D eigenvalue weighted by molar-refractivity contribution is -0.113. The van der Waals surface area contributed by atoms with E-state index in [0.29, 0.717) is 11.7 Å². The van der Waals surface area contributed by atoms with Gasteiger partial charge in [-0.3, -0.25) is 4.79 Å². The van der Waals surface area contributed by atoms with E-state index < -0.39 is 5.82 Å². The van der Waals surface area contributed by atoms with Crippen molar-refractivity contribution < 1.29 is 9.18 Å². The molecule has 3 rings (SSSR count). The van der Waals surface area contributed by atoms with E-state index >= 15 is 0 Å². The Morgan fingerprint density at radius 2 is 1.92 bits per heavy atom. The fourth-order valence-corrected chi connectivity index (χ4v) is 3.25. The first-order valence-corrected chi connectivity index (χ1v) is 9.14. The van der Waals surface area contributed by atoms with E-state index in [9.17, 15) is 9.18 Å². The van der Waals surface area contributed by atoms with Gasteiger partial charge in [0.2, 0.25) is 5.91 Å². The van der Waals surface area contributed by atoms with E-state index in [4.69, 9.17) is 0 Å². The number of rotatable bonds is 6. The summed E-state index contributed by atoms with van der Waals surface area (Å²) in [6.45, 7) is 4.36. The fourth-order valence-electron chi connectivity index (χ4n) is 2.47. The minimum atomic E-state index is -0.447. The molecule has 0 spiro atoms. The van der Waals surface area contributed by atoms with E-state index in [1.54, 1.807) is 12.1 Å². The number of amides is 1. The average Bonchev–Trinajstić information content (AvgIpc) is 2.97. The summed E-state index contributed by atoms with van der Waals surface area (Å²) in [5.74, 6) is 0.172. The van der Waals surface area contributed by atoms with Crippen LogP contribution in [-0.4, -0.2) is 26.4 Å². The third-order valence-electron chi connectivity index (χ3n) is 3.81. The van der Waals surface area contributed by atoms with Crippen LogP contribution >= 0.6 is 11.8 Å². The van der Waals surface area contributed by atoms with Gasteiger partial charge in [-0.05, 0) is 37.1 Å². The van der Waals surface area contributed by atoms with Gasteiger partial charge in [0.1, 0.15) is 11.6 Å². The van der Waals surface area contributed by atoms with Crippen molar-refractivity contribution in [3.63, 3.8) is 0 Å². The summed E-state index contributed by atoms with van der Waals surface area (Å²) in [7, 11) is 0. The van der Waals surface area contributed by atoms with Gasteiger partial charge in [-0.25, -0.2) is 4.39 Å². The number of hydrogen-bond donors (Lipinski definition) is 1. The number of anilines is 1. The number of carbonyl (C=O) groups is 1. The lowest BCUT2D eigenvalue weighted by atomic mass is 10.2. The smallest absolute Gasteiger partial charge is 0.234 e. The minimum absolute atomic E-state index is 0.125. The molecule has 134 valence electrons. The van der Waals surface area contributed by atoms with Gasteiger partial charge in [-0.2, -0.15) is 0 Å². The van der Waals surface area contributed by atoms with E-state index in [1.807, 2.05) is 48.7 Å². The van der Waals surface area contributed by atoms with E-state index in [1.165, 1.54) is 17.8 Å². The zero-order chi connectivity index (χ0) is 18.5. The Hall–Kier alpha value is -2.67. The number of aromatic nitrogens is 3. The lowest BCUT2D eigenvalue weighted by Crippen LogP contribution is -2.16. The molecule has 26 heavy (non-hydrogen) atoms. The number of thioether (sulfide) groups is 1. The maximum atomic E-state index is 13.8. The summed E-state index contributed by atoms with van der Waals surface area (Å²) in [6, 6.07) is 14.6. The van der Waals surface area contributed by atoms with Crippen LogP contribution in [0, 0.1) is 19.7 Å². The molecule has 0 unspecified atom stereocenters. The predicted octanol–water partition coefficient (Wildman–Crippen LogP) is 3.81. The molecule has 3 aromatic rings. The van der Waals surface area contributed by atoms with Crippen LogP contribution < -0.4 is 5.32 Å². The first kappa shape index (κ1) is 18.1. The van der Waals surface area contributed by atoms with Crippen molar-refractivity contribution in [3.05, 3.63) is 71.3 Å². The Labute approximate surface area is 155 Å². The maximum Gasteiger partial charge on any atom is 0.234 e. The first-order valence-electron chi connectivity index (χ1n) is 8.15. The average molecular weight is 370 g/mol. The molecule has 0 saturated carbocycles. The number of nitrogens with zero attached hydrogens (tertiary/aromatic N) is 3. The van der Waals surface area contributed by atoms with Gasteiger partial charge in [-0.1, -0.05) is 48.2 Å². The molecule has 7 heteroatoms. The van der Waals surface area contributed by atoms with Crippen LogP contribution in [-0.2, 0) is 11.3 Å². The maximum absolute atomic E-state index is 13.8. The lowest BCUT2D eigenvalue weighted by Gasteiger charge is -2.09. The molecule has 0 atom stereocenters. The van der Waals surface area contributed by atoms with Crippen molar-refractivity contribution in [1.82, 2.24) is 14.8 Å². The van der Waals surface area contributed by atoms with Crippen molar-refractivity contribution >= 4 is 23.4 Å². The summed E-state index contributed by atoms with van der Waals surface area (Å²) in [4.78, 5) is 12.2. The third kappa shape index (κ3) is 4.49. The van der Waals surface area contributed by atoms with Crippen LogP contribution in [0.4, 0.5) is 10.1 Å². The van der Waals surface area contributed by atoms with Crippen molar-refractivity contribution in [2.24, 2.45) is 0 Å². The van der Waals surface area contributed by atoms with Gasteiger partial charge < -0.3 is 9.88 Å². The molecular formula is C19H19FN4OS. The van der Waals surface area contributed by atoms with Crippen molar-refractivity contribution in [3.8, 4) is 0 Å². The molecule has 0 aliphatic rings. The molecule has 0 fully saturated rings.